The Balaban J connectivity index is 2.36. The van der Waals surface area contributed by atoms with Crippen LogP contribution in [0.5, 0.6) is 0 Å². The van der Waals surface area contributed by atoms with Crippen molar-refractivity contribution in [1.29, 1.82) is 5.41 Å². The Morgan fingerprint density at radius 3 is 2.62 bits per heavy atom. The van der Waals surface area contributed by atoms with Gasteiger partial charge in [-0.2, -0.15) is 0 Å². The normalized spacial score (nSPS) is 14.8. The van der Waals surface area contributed by atoms with Gasteiger partial charge in [-0.25, -0.2) is 0 Å². The fourth-order valence-electron chi connectivity index (χ4n) is 2.21. The van der Waals surface area contributed by atoms with Crippen molar-refractivity contribution >= 4 is 39.0 Å². The number of amidine groups is 1. The standard InChI is InChI=1S/C17H22N3O2S.Co/c1-6-12-7-8-13(19(5)16(21)22-17(2,3)4)11-14(12)20-9-10-23-15(20)18;/h6-8,11,18H,10H2,1-5H3;/q-1;. The second-order valence-corrected chi connectivity index (χ2v) is 7.92. The molecule has 133 valence electrons. The number of hydrogen-bond donors (Lipinski definition) is 1. The maximum absolute atomic E-state index is 12.3. The van der Waals surface area contributed by atoms with E-state index >= 15 is 0 Å². The quantitative estimate of drug-likeness (QED) is 0.797. The SMILES string of the molecule is C[CH-]c1ccc(N(C)C(=O)OC(C)(C)C)cc1N1C(=N)SC[C]1=[Co]. The number of nitrogens with one attached hydrogen (secondary N) is 1. The number of carbonyl (C=O) groups is 1. The molecule has 0 unspecified atom stereocenters. The second-order valence-electron chi connectivity index (χ2n) is 6.35. The van der Waals surface area contributed by atoms with Crippen molar-refractivity contribution in [1.82, 2.24) is 0 Å². The summed E-state index contributed by atoms with van der Waals surface area (Å²) in [6.07, 6.45) is 1.56. The fourth-order valence-corrected chi connectivity index (χ4v) is 3.46. The third-order valence-corrected chi connectivity index (χ3v) is 4.89. The van der Waals surface area contributed by atoms with Crippen molar-refractivity contribution < 1.29 is 24.8 Å². The van der Waals surface area contributed by atoms with Crippen molar-refractivity contribution in [3.05, 3.63) is 30.2 Å². The Morgan fingerprint density at radius 2 is 2.12 bits per heavy atom. The number of ether oxygens (including phenoxy) is 1. The van der Waals surface area contributed by atoms with Crippen molar-refractivity contribution in [3.8, 4) is 0 Å². The summed E-state index contributed by atoms with van der Waals surface area (Å²) in [6.45, 7) is 7.46. The van der Waals surface area contributed by atoms with Crippen LogP contribution >= 0.6 is 11.8 Å². The van der Waals surface area contributed by atoms with Gasteiger partial charge >= 0.3 is 155 Å². The van der Waals surface area contributed by atoms with Crippen molar-refractivity contribution in [2.45, 2.75) is 33.3 Å². The van der Waals surface area contributed by atoms with Crippen LogP contribution in [0.15, 0.2) is 18.2 Å². The minimum absolute atomic E-state index is 0.415. The Morgan fingerprint density at radius 1 is 1.46 bits per heavy atom. The van der Waals surface area contributed by atoms with Crippen molar-refractivity contribution in [3.63, 3.8) is 0 Å². The van der Waals surface area contributed by atoms with Crippen molar-refractivity contribution in [2.24, 2.45) is 0 Å². The van der Waals surface area contributed by atoms with E-state index in [1.54, 1.807) is 11.9 Å². The number of thioether (sulfide) groups is 1. The first-order chi connectivity index (χ1) is 11.1. The number of amides is 1. The summed E-state index contributed by atoms with van der Waals surface area (Å²) in [5.41, 5.74) is 1.97. The third-order valence-electron chi connectivity index (χ3n) is 3.38. The summed E-state index contributed by atoms with van der Waals surface area (Å²) in [5.74, 6) is 0.675. The summed E-state index contributed by atoms with van der Waals surface area (Å²) in [4.78, 5) is 15.6. The monoisotopic (exact) mass is 391 g/mol. The Bertz CT molecular complexity index is 669. The molecule has 0 aliphatic carbocycles. The zero-order valence-corrected chi connectivity index (χ0v) is 16.3. The summed E-state index contributed by atoms with van der Waals surface area (Å²) in [6, 6.07) is 5.68. The minimum atomic E-state index is -0.551. The molecule has 1 aliphatic rings. The molecule has 0 atom stereocenters. The van der Waals surface area contributed by atoms with Gasteiger partial charge in [0.25, 0.3) is 0 Å². The van der Waals surface area contributed by atoms with Gasteiger partial charge in [0.05, 0.1) is 0 Å². The number of rotatable bonds is 3. The fraction of sp³-hybridized carbons (Fsp3) is 0.412. The second kappa shape index (κ2) is 7.21. The molecule has 1 saturated heterocycles. The van der Waals surface area contributed by atoms with E-state index in [9.17, 15) is 4.79 Å². The van der Waals surface area contributed by atoms with Gasteiger partial charge < -0.3 is 0 Å². The van der Waals surface area contributed by atoms with Crippen LogP contribution in [0, 0.1) is 11.8 Å². The molecule has 0 spiro atoms. The Hall–Kier alpha value is -1.44. The first-order valence-corrected chi connectivity index (χ1v) is 9.05. The Labute approximate surface area is 155 Å². The molecule has 0 radical (unpaired) electrons. The van der Waals surface area contributed by atoms with Crippen LogP contribution in [0.4, 0.5) is 16.2 Å². The van der Waals surface area contributed by atoms with E-state index in [0.717, 1.165) is 15.8 Å². The van der Waals surface area contributed by atoms with Gasteiger partial charge in [-0.3, -0.25) is 0 Å². The molecule has 0 saturated carbocycles. The summed E-state index contributed by atoms with van der Waals surface area (Å²) >= 11 is 5.98. The van der Waals surface area contributed by atoms with Gasteiger partial charge in [-0.1, -0.05) is 0 Å². The number of nitrogens with zero attached hydrogens (tertiary/aromatic N) is 2. The molecule has 1 aromatic carbocycles. The molecular formula is C17H22CoN3O2S-. The van der Waals surface area contributed by atoms with Crippen LogP contribution in [-0.2, 0) is 20.0 Å². The molecule has 0 aromatic heterocycles. The average molecular weight is 391 g/mol. The van der Waals surface area contributed by atoms with Crippen LogP contribution < -0.4 is 9.80 Å². The van der Waals surface area contributed by atoms with Gasteiger partial charge in [-0.15, -0.1) is 0 Å². The molecule has 1 amide bonds. The molecule has 5 nitrogen and oxygen atoms in total. The molecule has 7 heteroatoms. The molecule has 1 aromatic rings. The van der Waals surface area contributed by atoms with E-state index in [-0.39, 0.29) is 0 Å². The summed E-state index contributed by atoms with van der Waals surface area (Å²) in [5, 5.41) is 8.55. The van der Waals surface area contributed by atoms with Crippen molar-refractivity contribution in [2.75, 3.05) is 22.6 Å². The predicted octanol–water partition coefficient (Wildman–Crippen LogP) is 3.79. The van der Waals surface area contributed by atoms with E-state index in [4.69, 9.17) is 10.1 Å². The number of carbonyl (C=O) groups excluding carboxylic acids is 1. The topological polar surface area (TPSA) is 56.6 Å². The third kappa shape index (κ3) is 4.14. The maximum atomic E-state index is 12.3. The van der Waals surface area contributed by atoms with E-state index in [2.05, 4.69) is 15.3 Å². The summed E-state index contributed by atoms with van der Waals surface area (Å²) in [7, 11) is 1.68. The zero-order chi connectivity index (χ0) is 18.1. The van der Waals surface area contributed by atoms with Crippen LogP contribution in [0.1, 0.15) is 33.3 Å². The van der Waals surface area contributed by atoms with Gasteiger partial charge in [0.2, 0.25) is 0 Å². The molecule has 1 N–H and O–H groups in total. The van der Waals surface area contributed by atoms with E-state index in [1.807, 2.05) is 52.3 Å². The van der Waals surface area contributed by atoms with Crippen LogP contribution in [0.3, 0.4) is 0 Å². The average Bonchev–Trinajstić information content (AvgIpc) is 2.83. The van der Waals surface area contributed by atoms with Gasteiger partial charge in [0.1, 0.15) is 0 Å². The molecule has 1 aliphatic heterocycles. The van der Waals surface area contributed by atoms with E-state index in [1.165, 1.54) is 16.7 Å². The first kappa shape index (κ1) is 18.9. The van der Waals surface area contributed by atoms with Crippen LogP contribution in [0.25, 0.3) is 0 Å². The first-order valence-electron chi connectivity index (χ1n) is 7.54. The van der Waals surface area contributed by atoms with E-state index < -0.39 is 11.7 Å². The van der Waals surface area contributed by atoms with Gasteiger partial charge in [0, 0.05) is 0 Å². The predicted molar refractivity (Wildman–Crippen MR) is 97.8 cm³/mol. The molecule has 1 fully saturated rings. The number of anilines is 2. The number of benzene rings is 1. The van der Waals surface area contributed by atoms with Crippen LogP contribution in [0.2, 0.25) is 0 Å². The molecule has 24 heavy (non-hydrogen) atoms. The molecule has 2 rings (SSSR count). The molecule has 0 bridgehead atoms. The number of hydrogen-bond acceptors (Lipinski definition) is 4. The van der Waals surface area contributed by atoms with Gasteiger partial charge in [-0.05, 0) is 0 Å². The van der Waals surface area contributed by atoms with E-state index in [0.29, 0.717) is 16.6 Å². The Kier molecular flexibility index (Phi) is 5.67. The van der Waals surface area contributed by atoms with Gasteiger partial charge in [0.15, 0.2) is 0 Å². The molecular weight excluding hydrogens is 369 g/mol. The van der Waals surface area contributed by atoms with Crippen LogP contribution in [-0.4, -0.2) is 34.2 Å². The summed E-state index contributed by atoms with van der Waals surface area (Å²) < 4.78 is 6.22. The zero-order valence-electron chi connectivity index (χ0n) is 14.5. The molecule has 1 heterocycles.